The zero-order chi connectivity index (χ0) is 18.7. The summed E-state index contributed by atoms with van der Waals surface area (Å²) < 4.78 is 5.31. The number of methoxy groups -OCH3 is 1. The van der Waals surface area contributed by atoms with Crippen molar-refractivity contribution in [3.05, 3.63) is 28.8 Å². The number of likely N-dealkylation sites (N-methyl/N-ethyl adjacent to an activating group) is 1. The molecular weight excluding hydrogens is 389 g/mol. The third-order valence-corrected chi connectivity index (χ3v) is 5.57. The van der Waals surface area contributed by atoms with Gasteiger partial charge in [0.05, 0.1) is 12.7 Å². The Bertz CT molecular complexity index is 686. The van der Waals surface area contributed by atoms with Crippen molar-refractivity contribution >= 4 is 35.8 Å². The molecule has 2 atom stereocenters. The van der Waals surface area contributed by atoms with E-state index in [0.717, 1.165) is 25.8 Å². The van der Waals surface area contributed by atoms with Crippen molar-refractivity contribution in [3.8, 4) is 5.75 Å². The van der Waals surface area contributed by atoms with Crippen molar-refractivity contribution in [2.75, 3.05) is 33.8 Å². The summed E-state index contributed by atoms with van der Waals surface area (Å²) in [5, 5.41) is 3.73. The van der Waals surface area contributed by atoms with Crippen molar-refractivity contribution in [3.63, 3.8) is 0 Å². The van der Waals surface area contributed by atoms with Crippen LogP contribution in [0.25, 0.3) is 0 Å². The van der Waals surface area contributed by atoms with E-state index in [9.17, 15) is 9.59 Å². The molecule has 2 heterocycles. The number of amides is 2. The van der Waals surface area contributed by atoms with Gasteiger partial charge in [0.2, 0.25) is 5.91 Å². The van der Waals surface area contributed by atoms with Crippen LogP contribution in [0.2, 0.25) is 5.02 Å². The van der Waals surface area contributed by atoms with Crippen molar-refractivity contribution in [1.82, 2.24) is 15.1 Å². The van der Waals surface area contributed by atoms with Crippen molar-refractivity contribution in [1.29, 1.82) is 0 Å². The molecule has 2 aliphatic heterocycles. The molecule has 0 aliphatic carbocycles. The third-order valence-electron chi connectivity index (χ3n) is 5.33. The van der Waals surface area contributed by atoms with Gasteiger partial charge in [-0.3, -0.25) is 9.59 Å². The summed E-state index contributed by atoms with van der Waals surface area (Å²) in [7, 11) is 3.45. The zero-order valence-corrected chi connectivity index (χ0v) is 17.3. The molecule has 6 nitrogen and oxygen atoms in total. The first kappa shape index (κ1) is 21.8. The Balaban J connectivity index is 0.00000261. The molecule has 1 N–H and O–H groups in total. The average molecular weight is 416 g/mol. The van der Waals surface area contributed by atoms with Crippen LogP contribution >= 0.6 is 24.0 Å². The summed E-state index contributed by atoms with van der Waals surface area (Å²) in [6.45, 7) is 2.04. The maximum Gasteiger partial charge on any atom is 0.258 e. The summed E-state index contributed by atoms with van der Waals surface area (Å²) in [5.74, 6) is 0.338. The fraction of sp³-hybridized carbons (Fsp3) is 0.579. The van der Waals surface area contributed by atoms with Gasteiger partial charge in [-0.2, -0.15) is 0 Å². The number of likely N-dealkylation sites (tertiary alicyclic amines) is 2. The van der Waals surface area contributed by atoms with Gasteiger partial charge in [-0.1, -0.05) is 11.6 Å². The fourth-order valence-electron chi connectivity index (χ4n) is 3.89. The molecule has 0 radical (unpaired) electrons. The van der Waals surface area contributed by atoms with Gasteiger partial charge in [0.25, 0.3) is 5.91 Å². The minimum Gasteiger partial charge on any atom is -0.496 e. The second-order valence-electron chi connectivity index (χ2n) is 6.91. The molecule has 1 aromatic carbocycles. The smallest absolute Gasteiger partial charge is 0.258 e. The van der Waals surface area contributed by atoms with E-state index >= 15 is 0 Å². The summed E-state index contributed by atoms with van der Waals surface area (Å²) >= 11 is 6.07. The lowest BCUT2D eigenvalue weighted by atomic mass is 10.0. The Morgan fingerprint density at radius 1 is 1.22 bits per heavy atom. The van der Waals surface area contributed by atoms with Gasteiger partial charge in [-0.25, -0.2) is 0 Å². The quantitative estimate of drug-likeness (QED) is 0.820. The molecule has 0 bridgehead atoms. The van der Waals surface area contributed by atoms with Gasteiger partial charge >= 0.3 is 0 Å². The molecule has 0 saturated carbocycles. The molecule has 0 spiro atoms. The normalized spacial score (nSPS) is 22.3. The van der Waals surface area contributed by atoms with E-state index in [0.29, 0.717) is 41.9 Å². The molecule has 3 rings (SSSR count). The molecule has 150 valence electrons. The summed E-state index contributed by atoms with van der Waals surface area (Å²) in [5.41, 5.74) is 0.409. The van der Waals surface area contributed by atoms with Crippen molar-refractivity contribution < 1.29 is 14.3 Å². The minimum atomic E-state index is -0.401. The van der Waals surface area contributed by atoms with Gasteiger partial charge in [0.1, 0.15) is 11.8 Å². The first-order valence-corrected chi connectivity index (χ1v) is 9.53. The maximum atomic E-state index is 13.1. The zero-order valence-electron chi connectivity index (χ0n) is 15.7. The molecule has 2 fully saturated rings. The molecule has 2 unspecified atom stereocenters. The lowest BCUT2D eigenvalue weighted by Crippen LogP contribution is -2.53. The highest BCUT2D eigenvalue weighted by Crippen LogP contribution is 2.28. The number of hydrogen-bond donors (Lipinski definition) is 1. The highest BCUT2D eigenvalue weighted by molar-refractivity contribution is 6.31. The van der Waals surface area contributed by atoms with Crippen LogP contribution in [0.1, 0.15) is 36.0 Å². The number of ether oxygens (including phenoxy) is 1. The first-order valence-electron chi connectivity index (χ1n) is 9.15. The van der Waals surface area contributed by atoms with Crippen molar-refractivity contribution in [2.45, 2.75) is 37.8 Å². The standard InChI is InChI=1S/C19H26ClN3O3.ClH/c1-21-14-5-3-9-22(12-14)19(25)16-6-4-10-23(16)18(24)15-11-13(20)7-8-17(15)26-2;/h7-8,11,14,16,21H,3-6,9-10,12H2,1-2H3;1H. The molecule has 8 heteroatoms. The SMILES string of the molecule is CNC1CCCN(C(=O)C2CCCN2C(=O)c2cc(Cl)ccc2OC)C1.Cl. The Kier molecular flexibility index (Phi) is 7.77. The summed E-state index contributed by atoms with van der Waals surface area (Å²) in [4.78, 5) is 29.8. The molecule has 2 aliphatic rings. The number of carbonyl (C=O) groups excluding carboxylic acids is 2. The predicted molar refractivity (Wildman–Crippen MR) is 108 cm³/mol. The van der Waals surface area contributed by atoms with Crippen LogP contribution in [0, 0.1) is 0 Å². The Labute approximate surface area is 171 Å². The first-order chi connectivity index (χ1) is 12.5. The number of benzene rings is 1. The highest BCUT2D eigenvalue weighted by atomic mass is 35.5. The van der Waals surface area contributed by atoms with E-state index in [4.69, 9.17) is 16.3 Å². The Morgan fingerprint density at radius 3 is 2.67 bits per heavy atom. The van der Waals surface area contributed by atoms with Crippen LogP contribution in [-0.4, -0.2) is 67.5 Å². The number of nitrogens with one attached hydrogen (secondary N) is 1. The van der Waals surface area contributed by atoms with Crippen LogP contribution < -0.4 is 10.1 Å². The topological polar surface area (TPSA) is 61.9 Å². The number of piperidine rings is 1. The van der Waals surface area contributed by atoms with Gasteiger partial charge in [-0.15, -0.1) is 12.4 Å². The van der Waals surface area contributed by atoms with Gasteiger partial charge in [-0.05, 0) is 50.9 Å². The van der Waals surface area contributed by atoms with E-state index < -0.39 is 6.04 Å². The number of hydrogen-bond acceptors (Lipinski definition) is 4. The summed E-state index contributed by atoms with van der Waals surface area (Å²) in [6, 6.07) is 4.91. The van der Waals surface area contributed by atoms with Gasteiger partial charge in [0, 0.05) is 30.7 Å². The fourth-order valence-corrected chi connectivity index (χ4v) is 4.06. The van der Waals surface area contributed by atoms with E-state index in [-0.39, 0.29) is 24.2 Å². The van der Waals surface area contributed by atoms with Gasteiger partial charge < -0.3 is 19.9 Å². The van der Waals surface area contributed by atoms with Crippen LogP contribution in [0.5, 0.6) is 5.75 Å². The van der Waals surface area contributed by atoms with E-state index in [2.05, 4.69) is 5.32 Å². The average Bonchev–Trinajstić information content (AvgIpc) is 3.16. The van der Waals surface area contributed by atoms with Gasteiger partial charge in [0.15, 0.2) is 0 Å². The molecular formula is C19H27Cl2N3O3. The second-order valence-corrected chi connectivity index (χ2v) is 7.35. The molecule has 27 heavy (non-hydrogen) atoms. The second kappa shape index (κ2) is 9.62. The van der Waals surface area contributed by atoms with Crippen LogP contribution in [0.3, 0.4) is 0 Å². The number of carbonyl (C=O) groups is 2. The van der Waals surface area contributed by atoms with E-state index in [1.807, 2.05) is 11.9 Å². The van der Waals surface area contributed by atoms with E-state index in [1.165, 1.54) is 7.11 Å². The number of halogens is 2. The lowest BCUT2D eigenvalue weighted by Gasteiger charge is -2.36. The van der Waals surface area contributed by atoms with Crippen molar-refractivity contribution in [2.24, 2.45) is 0 Å². The highest BCUT2D eigenvalue weighted by Gasteiger charge is 2.38. The Morgan fingerprint density at radius 2 is 1.96 bits per heavy atom. The minimum absolute atomic E-state index is 0. The summed E-state index contributed by atoms with van der Waals surface area (Å²) in [6.07, 6.45) is 3.59. The third kappa shape index (κ3) is 4.68. The van der Waals surface area contributed by atoms with E-state index in [1.54, 1.807) is 23.1 Å². The Hall–Kier alpha value is -1.50. The lowest BCUT2D eigenvalue weighted by molar-refractivity contribution is -0.136. The number of rotatable bonds is 4. The molecule has 0 aromatic heterocycles. The predicted octanol–water partition coefficient (Wildman–Crippen LogP) is 2.59. The molecule has 2 amide bonds. The van der Waals surface area contributed by atoms with Crippen LogP contribution in [0.15, 0.2) is 18.2 Å². The largest absolute Gasteiger partial charge is 0.496 e. The maximum absolute atomic E-state index is 13.1. The molecule has 2 saturated heterocycles. The number of nitrogens with zero attached hydrogens (tertiary/aromatic N) is 2. The monoisotopic (exact) mass is 415 g/mol. The van der Waals surface area contributed by atoms with Crippen LogP contribution in [-0.2, 0) is 4.79 Å². The van der Waals surface area contributed by atoms with Crippen LogP contribution in [0.4, 0.5) is 0 Å². The molecule has 1 aromatic rings.